The molecule has 1 aromatic rings. The van der Waals surface area contributed by atoms with Crippen LogP contribution < -0.4 is 5.46 Å². The van der Waals surface area contributed by atoms with E-state index in [1.165, 1.54) is 44.2 Å². The summed E-state index contributed by atoms with van der Waals surface area (Å²) >= 11 is 0. The summed E-state index contributed by atoms with van der Waals surface area (Å²) in [7, 11) is 0.438. The smallest absolute Gasteiger partial charge is 0.423 e. The van der Waals surface area contributed by atoms with Crippen LogP contribution >= 0.6 is 0 Å². The van der Waals surface area contributed by atoms with Crippen LogP contribution in [-0.4, -0.2) is 35.2 Å². The monoisotopic (exact) mass is 293 g/mol. The molecule has 1 saturated carbocycles. The molecule has 3 nitrogen and oxygen atoms in total. The molecule has 1 aromatic carbocycles. The van der Waals surface area contributed by atoms with Crippen molar-refractivity contribution in [2.24, 2.45) is 5.92 Å². The minimum atomic E-state index is -1.63. The van der Waals surface area contributed by atoms with Gasteiger partial charge in [-0.15, -0.1) is 0 Å². The Balaban J connectivity index is 2.01. The van der Waals surface area contributed by atoms with Gasteiger partial charge in [-0.1, -0.05) is 19.4 Å². The van der Waals surface area contributed by atoms with Gasteiger partial charge in [-0.05, 0) is 61.8 Å². The highest BCUT2D eigenvalue weighted by molar-refractivity contribution is 6.59. The van der Waals surface area contributed by atoms with Crippen LogP contribution in [0.3, 0.4) is 0 Å². The minimum Gasteiger partial charge on any atom is -0.423 e. The molecule has 0 atom stereocenters. The van der Waals surface area contributed by atoms with E-state index in [-0.39, 0.29) is 5.46 Å². The molecular formula is C16H25BFNO2. The maximum atomic E-state index is 13.2. The number of hydrogen-bond donors (Lipinski definition) is 2. The third-order valence-electron chi connectivity index (χ3n) is 4.82. The van der Waals surface area contributed by atoms with Crippen LogP contribution in [0, 0.1) is 11.7 Å². The van der Waals surface area contributed by atoms with Gasteiger partial charge < -0.3 is 10.0 Å². The molecule has 0 amide bonds. The number of rotatable bonds is 5. The number of nitrogens with zero attached hydrogens (tertiary/aromatic N) is 1. The molecule has 1 aliphatic carbocycles. The lowest BCUT2D eigenvalue weighted by Crippen LogP contribution is -2.39. The molecule has 2 rings (SSSR count). The molecule has 0 spiro atoms. The van der Waals surface area contributed by atoms with Crippen molar-refractivity contribution in [3.05, 3.63) is 29.6 Å². The van der Waals surface area contributed by atoms with E-state index in [4.69, 9.17) is 0 Å². The molecule has 0 bridgehead atoms. The Morgan fingerprint density at radius 2 is 1.90 bits per heavy atom. The van der Waals surface area contributed by atoms with Crippen LogP contribution in [0.4, 0.5) is 4.39 Å². The molecular weight excluding hydrogens is 268 g/mol. The van der Waals surface area contributed by atoms with E-state index in [1.54, 1.807) is 6.07 Å². The van der Waals surface area contributed by atoms with Gasteiger partial charge in [0.25, 0.3) is 0 Å². The summed E-state index contributed by atoms with van der Waals surface area (Å²) in [5.74, 6) is 0.420. The maximum absolute atomic E-state index is 13.2. The quantitative estimate of drug-likeness (QED) is 0.815. The van der Waals surface area contributed by atoms with Crippen LogP contribution in [0.1, 0.15) is 44.6 Å². The second-order valence-corrected chi connectivity index (χ2v) is 6.21. The average molecular weight is 293 g/mol. The molecule has 1 aliphatic rings. The first-order valence-electron chi connectivity index (χ1n) is 7.86. The lowest BCUT2D eigenvalue weighted by atomic mass is 9.76. The first kappa shape index (κ1) is 16.5. The van der Waals surface area contributed by atoms with Gasteiger partial charge in [0, 0.05) is 12.6 Å². The zero-order valence-corrected chi connectivity index (χ0v) is 12.9. The number of benzene rings is 1. The molecule has 0 aromatic heterocycles. The Labute approximate surface area is 126 Å². The fraction of sp³-hybridized carbons (Fsp3) is 0.625. The van der Waals surface area contributed by atoms with Crippen molar-refractivity contribution in [3.63, 3.8) is 0 Å². The Morgan fingerprint density at radius 1 is 1.24 bits per heavy atom. The topological polar surface area (TPSA) is 43.7 Å². The Kier molecular flexibility index (Phi) is 5.79. The highest BCUT2D eigenvalue weighted by Crippen LogP contribution is 2.29. The highest BCUT2D eigenvalue weighted by atomic mass is 19.1. The largest absolute Gasteiger partial charge is 0.488 e. The predicted molar refractivity (Wildman–Crippen MR) is 83.7 cm³/mol. The van der Waals surface area contributed by atoms with Crippen LogP contribution in [-0.2, 0) is 6.54 Å². The SMILES string of the molecule is CCC1CCC(N(C)Cc2ccc(F)cc2B(O)O)CC1. The maximum Gasteiger partial charge on any atom is 0.488 e. The second-order valence-electron chi connectivity index (χ2n) is 6.21. The van der Waals surface area contributed by atoms with Crippen LogP contribution in [0.5, 0.6) is 0 Å². The van der Waals surface area contributed by atoms with Crippen LogP contribution in [0.15, 0.2) is 18.2 Å². The summed E-state index contributed by atoms with van der Waals surface area (Å²) in [4.78, 5) is 2.25. The van der Waals surface area contributed by atoms with Crippen molar-refractivity contribution in [2.75, 3.05) is 7.05 Å². The van der Waals surface area contributed by atoms with Crippen LogP contribution in [0.2, 0.25) is 0 Å². The van der Waals surface area contributed by atoms with Crippen molar-refractivity contribution < 1.29 is 14.4 Å². The van der Waals surface area contributed by atoms with Crippen molar-refractivity contribution in [1.29, 1.82) is 0 Å². The van der Waals surface area contributed by atoms with Gasteiger partial charge in [-0.25, -0.2) is 4.39 Å². The average Bonchev–Trinajstić information content (AvgIpc) is 2.49. The predicted octanol–water partition coefficient (Wildman–Crippen LogP) is 1.91. The summed E-state index contributed by atoms with van der Waals surface area (Å²) in [5.41, 5.74) is 1.05. The summed E-state index contributed by atoms with van der Waals surface area (Å²) in [6.07, 6.45) is 6.17. The van der Waals surface area contributed by atoms with Crippen molar-refractivity contribution >= 4 is 12.6 Å². The minimum absolute atomic E-state index is 0.268. The molecule has 0 unspecified atom stereocenters. The summed E-state index contributed by atoms with van der Waals surface area (Å²) in [6, 6.07) is 4.77. The number of halogens is 1. The molecule has 0 saturated heterocycles. The van der Waals surface area contributed by atoms with Gasteiger partial charge in [-0.3, -0.25) is 4.90 Å². The molecule has 1 fully saturated rings. The molecule has 5 heteroatoms. The van der Waals surface area contributed by atoms with E-state index >= 15 is 0 Å². The van der Waals surface area contributed by atoms with Gasteiger partial charge in [0.15, 0.2) is 0 Å². The van der Waals surface area contributed by atoms with E-state index in [2.05, 4.69) is 18.9 Å². The number of hydrogen-bond acceptors (Lipinski definition) is 3. The molecule has 116 valence electrons. The third-order valence-corrected chi connectivity index (χ3v) is 4.82. The van der Waals surface area contributed by atoms with Crippen LogP contribution in [0.25, 0.3) is 0 Å². The third kappa shape index (κ3) is 4.28. The summed E-state index contributed by atoms with van der Waals surface area (Å²) in [5, 5.41) is 18.8. The molecule has 2 N–H and O–H groups in total. The second kappa shape index (κ2) is 7.39. The molecule has 21 heavy (non-hydrogen) atoms. The van der Waals surface area contributed by atoms with Crippen molar-refractivity contribution in [3.8, 4) is 0 Å². The molecule has 0 heterocycles. The molecule has 0 aliphatic heterocycles. The van der Waals surface area contributed by atoms with E-state index < -0.39 is 12.9 Å². The van der Waals surface area contributed by atoms with E-state index in [0.29, 0.717) is 12.6 Å². The van der Waals surface area contributed by atoms with E-state index in [0.717, 1.165) is 11.5 Å². The summed E-state index contributed by atoms with van der Waals surface area (Å²) < 4.78 is 13.2. The van der Waals surface area contributed by atoms with Gasteiger partial charge in [0.2, 0.25) is 0 Å². The van der Waals surface area contributed by atoms with Crippen molar-refractivity contribution in [1.82, 2.24) is 4.90 Å². The fourth-order valence-corrected chi connectivity index (χ4v) is 3.34. The normalized spacial score (nSPS) is 22.6. The van der Waals surface area contributed by atoms with Gasteiger partial charge in [-0.2, -0.15) is 0 Å². The van der Waals surface area contributed by atoms with Crippen molar-refractivity contribution in [2.45, 2.75) is 51.6 Å². The zero-order valence-electron chi connectivity index (χ0n) is 12.9. The Morgan fingerprint density at radius 3 is 2.48 bits per heavy atom. The van der Waals surface area contributed by atoms with Gasteiger partial charge in [0.05, 0.1) is 0 Å². The fourth-order valence-electron chi connectivity index (χ4n) is 3.34. The Hall–Kier alpha value is -0.905. The molecule has 0 radical (unpaired) electrons. The lowest BCUT2D eigenvalue weighted by molar-refractivity contribution is 0.157. The highest BCUT2D eigenvalue weighted by Gasteiger charge is 2.24. The Bertz CT molecular complexity index is 462. The zero-order chi connectivity index (χ0) is 15.4. The van der Waals surface area contributed by atoms with Gasteiger partial charge in [0.1, 0.15) is 5.82 Å². The van der Waals surface area contributed by atoms with Gasteiger partial charge >= 0.3 is 7.12 Å². The lowest BCUT2D eigenvalue weighted by Gasteiger charge is -2.34. The standard InChI is InChI=1S/C16H25BFNO2/c1-3-12-4-8-15(9-5-12)19(2)11-13-6-7-14(18)10-16(13)17(20)21/h6-7,10,12,15,20-21H,3-5,8-9,11H2,1-2H3. The summed E-state index contributed by atoms with van der Waals surface area (Å²) in [6.45, 7) is 2.87. The first-order valence-corrected chi connectivity index (χ1v) is 7.86. The first-order chi connectivity index (χ1) is 10.0. The van der Waals surface area contributed by atoms with E-state index in [1.807, 2.05) is 0 Å². The van der Waals surface area contributed by atoms with E-state index in [9.17, 15) is 14.4 Å².